The van der Waals surface area contributed by atoms with Crippen LogP contribution in [0.1, 0.15) is 19.0 Å². The van der Waals surface area contributed by atoms with E-state index in [1.807, 2.05) is 12.1 Å². The lowest BCUT2D eigenvalue weighted by Gasteiger charge is -2.11. The number of aromatic nitrogens is 2. The molecule has 1 fully saturated rings. The minimum atomic E-state index is -0.0725. The van der Waals surface area contributed by atoms with Gasteiger partial charge in [-0.2, -0.15) is 0 Å². The smallest absolute Gasteiger partial charge is 0.305 e. The van der Waals surface area contributed by atoms with E-state index in [0.717, 1.165) is 30.4 Å². The molecular formula is C11H12ClN3O. The molecule has 5 heteroatoms. The molecule has 0 bridgehead atoms. The van der Waals surface area contributed by atoms with Gasteiger partial charge in [0.05, 0.1) is 17.2 Å². The maximum Gasteiger partial charge on any atom is 0.327 e. The monoisotopic (exact) mass is 237 g/mol. The predicted molar refractivity (Wildman–Crippen MR) is 63.8 cm³/mol. The topological polar surface area (TPSA) is 49.8 Å². The van der Waals surface area contributed by atoms with Gasteiger partial charge in [-0.15, -0.1) is 0 Å². The fourth-order valence-electron chi connectivity index (χ4n) is 2.29. The van der Waals surface area contributed by atoms with Gasteiger partial charge in [-0.3, -0.25) is 9.88 Å². The lowest BCUT2D eigenvalue weighted by Crippen LogP contribution is -2.28. The van der Waals surface area contributed by atoms with Crippen molar-refractivity contribution in [2.75, 3.05) is 6.54 Å². The van der Waals surface area contributed by atoms with Crippen molar-refractivity contribution in [3.63, 3.8) is 0 Å². The van der Waals surface area contributed by atoms with E-state index in [4.69, 9.17) is 11.6 Å². The third kappa shape index (κ3) is 1.45. The van der Waals surface area contributed by atoms with Crippen LogP contribution >= 0.6 is 11.6 Å². The van der Waals surface area contributed by atoms with E-state index in [9.17, 15) is 4.79 Å². The van der Waals surface area contributed by atoms with Gasteiger partial charge in [0.25, 0.3) is 0 Å². The molecule has 1 atom stereocenters. The van der Waals surface area contributed by atoms with E-state index in [0.29, 0.717) is 5.02 Å². The molecule has 1 unspecified atom stereocenters. The molecule has 4 nitrogen and oxygen atoms in total. The number of aromatic amines is 1. The predicted octanol–water partition coefficient (Wildman–Crippen LogP) is 1.86. The molecule has 2 aromatic rings. The Bertz CT molecular complexity index is 580. The summed E-state index contributed by atoms with van der Waals surface area (Å²) in [6.07, 6.45) is 2.18. The van der Waals surface area contributed by atoms with Crippen molar-refractivity contribution in [2.45, 2.75) is 19.0 Å². The minimum absolute atomic E-state index is 0.0725. The Balaban J connectivity index is 2.25. The largest absolute Gasteiger partial charge is 0.327 e. The molecule has 1 aromatic heterocycles. The molecule has 1 aromatic carbocycles. The summed E-state index contributed by atoms with van der Waals surface area (Å²) in [5, 5.41) is 3.96. The fourth-order valence-corrected chi connectivity index (χ4v) is 2.46. The van der Waals surface area contributed by atoms with Crippen molar-refractivity contribution in [2.24, 2.45) is 0 Å². The molecule has 2 N–H and O–H groups in total. The molecule has 0 radical (unpaired) electrons. The second-order valence-electron chi connectivity index (χ2n) is 4.07. The molecule has 1 saturated heterocycles. The van der Waals surface area contributed by atoms with Gasteiger partial charge in [-0.25, -0.2) is 4.79 Å². The first-order valence-electron chi connectivity index (χ1n) is 5.39. The summed E-state index contributed by atoms with van der Waals surface area (Å²) < 4.78 is 1.76. The Labute approximate surface area is 97.2 Å². The van der Waals surface area contributed by atoms with Crippen LogP contribution in [0.3, 0.4) is 0 Å². The number of H-pyrrole nitrogens is 1. The van der Waals surface area contributed by atoms with Crippen LogP contribution in [0, 0.1) is 0 Å². The van der Waals surface area contributed by atoms with Gasteiger partial charge in [-0.05, 0) is 37.6 Å². The van der Waals surface area contributed by atoms with E-state index in [1.54, 1.807) is 10.6 Å². The zero-order valence-corrected chi connectivity index (χ0v) is 9.42. The number of nitrogens with one attached hydrogen (secondary N) is 2. The number of halogens is 1. The maximum atomic E-state index is 11.9. The molecule has 1 aliphatic rings. The summed E-state index contributed by atoms with van der Waals surface area (Å²) in [4.78, 5) is 14.7. The van der Waals surface area contributed by atoms with Gasteiger partial charge in [-0.1, -0.05) is 11.6 Å². The maximum absolute atomic E-state index is 11.9. The van der Waals surface area contributed by atoms with E-state index < -0.39 is 0 Å². The van der Waals surface area contributed by atoms with Crippen LogP contribution in [-0.2, 0) is 0 Å². The van der Waals surface area contributed by atoms with Crippen molar-refractivity contribution < 1.29 is 0 Å². The van der Waals surface area contributed by atoms with Crippen LogP contribution in [0.5, 0.6) is 0 Å². The van der Waals surface area contributed by atoms with Gasteiger partial charge in [0, 0.05) is 5.02 Å². The average Bonchev–Trinajstić information content (AvgIpc) is 2.83. The van der Waals surface area contributed by atoms with Gasteiger partial charge in [0.15, 0.2) is 0 Å². The quantitative estimate of drug-likeness (QED) is 0.796. The van der Waals surface area contributed by atoms with Crippen molar-refractivity contribution in [1.82, 2.24) is 14.9 Å². The van der Waals surface area contributed by atoms with Crippen molar-refractivity contribution in [3.8, 4) is 0 Å². The summed E-state index contributed by atoms with van der Waals surface area (Å²) >= 11 is 5.96. The van der Waals surface area contributed by atoms with Gasteiger partial charge in [0.2, 0.25) is 0 Å². The van der Waals surface area contributed by atoms with Crippen molar-refractivity contribution in [3.05, 3.63) is 33.7 Å². The van der Waals surface area contributed by atoms with Crippen LogP contribution in [-0.4, -0.2) is 16.1 Å². The summed E-state index contributed by atoms with van der Waals surface area (Å²) in [6.45, 7) is 0.963. The first-order valence-corrected chi connectivity index (χ1v) is 5.76. The molecule has 3 rings (SSSR count). The van der Waals surface area contributed by atoms with E-state index in [2.05, 4.69) is 10.3 Å². The van der Waals surface area contributed by atoms with Crippen LogP contribution in [0.15, 0.2) is 23.0 Å². The molecule has 2 heterocycles. The molecule has 0 amide bonds. The Morgan fingerprint density at radius 1 is 1.44 bits per heavy atom. The number of imidazole rings is 1. The first kappa shape index (κ1) is 9.93. The zero-order valence-electron chi connectivity index (χ0n) is 8.66. The average molecular weight is 238 g/mol. The van der Waals surface area contributed by atoms with E-state index in [1.165, 1.54) is 0 Å². The summed E-state index contributed by atoms with van der Waals surface area (Å²) in [5.74, 6) is 0. The van der Waals surface area contributed by atoms with Crippen molar-refractivity contribution in [1.29, 1.82) is 0 Å². The molecule has 0 spiro atoms. The van der Waals surface area contributed by atoms with E-state index >= 15 is 0 Å². The third-order valence-corrected chi connectivity index (χ3v) is 3.26. The first-order chi connectivity index (χ1) is 7.75. The lowest BCUT2D eigenvalue weighted by molar-refractivity contribution is 0.469. The van der Waals surface area contributed by atoms with Gasteiger partial charge < -0.3 is 4.98 Å². The Morgan fingerprint density at radius 2 is 2.31 bits per heavy atom. The summed E-state index contributed by atoms with van der Waals surface area (Å²) in [6, 6.07) is 5.45. The zero-order chi connectivity index (χ0) is 11.1. The fraction of sp³-hybridized carbons (Fsp3) is 0.364. The Hall–Kier alpha value is -1.26. The number of hydrogen-bond donors (Lipinski definition) is 2. The normalized spacial score (nSPS) is 20.7. The number of hydrogen-bond acceptors (Lipinski definition) is 2. The second-order valence-corrected chi connectivity index (χ2v) is 4.51. The highest BCUT2D eigenvalue weighted by Crippen LogP contribution is 2.22. The Morgan fingerprint density at radius 3 is 3.06 bits per heavy atom. The highest BCUT2D eigenvalue weighted by atomic mass is 35.5. The van der Waals surface area contributed by atoms with Crippen LogP contribution in [0.25, 0.3) is 11.0 Å². The number of fused-ring (bicyclic) bond motifs is 1. The minimum Gasteiger partial charge on any atom is -0.305 e. The molecule has 0 aliphatic carbocycles. The highest BCUT2D eigenvalue weighted by Gasteiger charge is 2.20. The molecule has 84 valence electrons. The number of nitrogens with zero attached hydrogens (tertiary/aromatic N) is 1. The van der Waals surface area contributed by atoms with Crippen LogP contribution in [0.4, 0.5) is 0 Å². The highest BCUT2D eigenvalue weighted by molar-refractivity contribution is 6.31. The Kier molecular flexibility index (Phi) is 2.26. The number of benzene rings is 1. The molecular weight excluding hydrogens is 226 g/mol. The summed E-state index contributed by atoms with van der Waals surface area (Å²) in [5.41, 5.74) is 1.64. The van der Waals surface area contributed by atoms with Gasteiger partial charge in [0.1, 0.15) is 0 Å². The van der Waals surface area contributed by atoms with Crippen LogP contribution in [0.2, 0.25) is 5.02 Å². The van der Waals surface area contributed by atoms with E-state index in [-0.39, 0.29) is 11.9 Å². The molecule has 0 saturated carbocycles. The third-order valence-electron chi connectivity index (χ3n) is 3.03. The lowest BCUT2D eigenvalue weighted by atomic mass is 10.3. The summed E-state index contributed by atoms with van der Waals surface area (Å²) in [7, 11) is 0. The van der Waals surface area contributed by atoms with Crippen molar-refractivity contribution >= 4 is 22.6 Å². The van der Waals surface area contributed by atoms with Gasteiger partial charge >= 0.3 is 5.69 Å². The number of rotatable bonds is 1. The SMILES string of the molecule is O=c1[nH]c2ccc(Cl)cc2n1C1CCCN1. The standard InChI is InChI=1S/C11H12ClN3O/c12-7-3-4-8-9(6-7)15(11(16)14-8)10-2-1-5-13-10/h3-4,6,10,13H,1-2,5H2,(H,14,16). The molecule has 1 aliphatic heterocycles. The van der Waals surface area contributed by atoms with Crippen LogP contribution < -0.4 is 11.0 Å². The molecule has 16 heavy (non-hydrogen) atoms. The second kappa shape index (κ2) is 3.64.